The van der Waals surface area contributed by atoms with Gasteiger partial charge < -0.3 is 8.98 Å². The zero-order valence-electron chi connectivity index (χ0n) is 64.2. The molecule has 1 aliphatic carbocycles. The van der Waals surface area contributed by atoms with E-state index in [2.05, 4.69) is 404 Å². The minimum absolute atomic E-state index is 0.0851. The third kappa shape index (κ3) is 11.1. The Labute approximate surface area is 675 Å². The van der Waals surface area contributed by atoms with Crippen LogP contribution in [0.15, 0.2) is 405 Å². The molecule has 0 N–H and O–H groups in total. The minimum Gasteiger partial charge on any atom is -0.456 e. The number of rotatable bonds is 10. The van der Waals surface area contributed by atoms with E-state index in [4.69, 9.17) is 19.4 Å². The van der Waals surface area contributed by atoms with E-state index < -0.39 is 0 Å². The number of benzene rings is 17. The molecule has 0 unspecified atom stereocenters. The van der Waals surface area contributed by atoms with E-state index in [0.29, 0.717) is 5.95 Å². The van der Waals surface area contributed by atoms with Gasteiger partial charge in [0.15, 0.2) is 0 Å². The number of hydrogen-bond donors (Lipinski definition) is 0. The van der Waals surface area contributed by atoms with Gasteiger partial charge in [-0.3, -0.25) is 9.13 Å². The number of aromatic nitrogens is 6. The van der Waals surface area contributed by atoms with E-state index in [9.17, 15) is 0 Å². The van der Waals surface area contributed by atoms with Crippen LogP contribution < -0.4 is 0 Å². The quantitative estimate of drug-likeness (QED) is 0.137. The van der Waals surface area contributed by atoms with Crippen molar-refractivity contribution in [2.75, 3.05) is 0 Å². The first-order chi connectivity index (χ1) is 57.7. The van der Waals surface area contributed by atoms with Crippen LogP contribution in [-0.4, -0.2) is 28.7 Å². The molecule has 7 nitrogen and oxygen atoms in total. The smallest absolute Gasteiger partial charge is 0.235 e. The average Bonchev–Trinajstić information content (AvgIpc) is 1.63. The molecule has 0 radical (unpaired) electrons. The number of nitrogens with zero attached hydrogens (tertiary/aromatic N) is 6. The molecule has 6 aromatic heterocycles. The number of para-hydroxylation sites is 7. The summed E-state index contributed by atoms with van der Waals surface area (Å²) in [5.41, 5.74) is 33.3. The number of pyridine rings is 1. The van der Waals surface area contributed by atoms with Gasteiger partial charge in [-0.15, -0.1) is 0 Å². The van der Waals surface area contributed by atoms with Crippen molar-refractivity contribution in [2.24, 2.45) is 0 Å². The van der Waals surface area contributed by atoms with Crippen LogP contribution in [0.25, 0.3) is 216 Å². The molecule has 17 aromatic carbocycles. The standard InChI is InChI=1S/C60H41N3.C50H31N3O/c1-60(2)52-20-10-6-16-44(52)45-31-28-42(36-53(45)60)49-37-59(61-54-21-11-7-17-46(49)54)63-56-23-13-9-19-48(56)51-35-41(30-33-58(51)63)39-26-24-38(25-27-39)40-29-32-57-50(34-40)47-18-8-12-22-55(47)62(57)43-14-4-3-5-15-43;1-2-10-32(11-3-1)33-22-24-36(25-23-33)49-41-14-4-7-15-44(41)51-50(52-49)53-45-16-8-5-12-39(45)42-30-37(26-28-46(42)53)34-18-20-35(21-19-34)38-27-29-48-43(31-38)40-13-6-9-17-47(40)54-48/h3-37H,1-2H3;1-31H. The first-order valence-electron chi connectivity index (χ1n) is 40.1. The summed E-state index contributed by atoms with van der Waals surface area (Å²) in [6, 6.07) is 144. The molecule has 0 amide bonds. The van der Waals surface area contributed by atoms with Gasteiger partial charge >= 0.3 is 0 Å². The highest BCUT2D eigenvalue weighted by molar-refractivity contribution is 6.14. The van der Waals surface area contributed by atoms with Crippen LogP contribution in [0.4, 0.5) is 0 Å². The van der Waals surface area contributed by atoms with Crippen molar-refractivity contribution in [1.29, 1.82) is 0 Å². The molecule has 23 aromatic rings. The molecule has 0 saturated carbocycles. The van der Waals surface area contributed by atoms with Gasteiger partial charge in [0.05, 0.1) is 49.8 Å². The summed E-state index contributed by atoms with van der Waals surface area (Å²) in [5.74, 6) is 1.57. The molecule has 0 spiro atoms. The van der Waals surface area contributed by atoms with Crippen LogP contribution >= 0.6 is 0 Å². The molecule has 117 heavy (non-hydrogen) atoms. The van der Waals surface area contributed by atoms with Gasteiger partial charge in [0.25, 0.3) is 0 Å². The van der Waals surface area contributed by atoms with Crippen molar-refractivity contribution in [3.05, 3.63) is 412 Å². The van der Waals surface area contributed by atoms with Gasteiger partial charge in [0.1, 0.15) is 17.0 Å². The summed E-state index contributed by atoms with van der Waals surface area (Å²) in [7, 11) is 0. The second-order valence-corrected chi connectivity index (χ2v) is 31.4. The predicted molar refractivity (Wildman–Crippen MR) is 487 cm³/mol. The molecular formula is C110H72N6O. The summed E-state index contributed by atoms with van der Waals surface area (Å²) in [6.45, 7) is 4.70. The lowest BCUT2D eigenvalue weighted by Crippen LogP contribution is -2.14. The van der Waals surface area contributed by atoms with E-state index in [-0.39, 0.29) is 5.41 Å². The van der Waals surface area contributed by atoms with Crippen molar-refractivity contribution in [3.8, 4) is 107 Å². The largest absolute Gasteiger partial charge is 0.456 e. The lowest BCUT2D eigenvalue weighted by Gasteiger charge is -2.22. The van der Waals surface area contributed by atoms with E-state index in [0.717, 1.165) is 105 Å². The molecule has 1 aliphatic rings. The average molecular weight is 1490 g/mol. The Kier molecular flexibility index (Phi) is 15.5. The highest BCUT2D eigenvalue weighted by Gasteiger charge is 2.36. The van der Waals surface area contributed by atoms with Crippen molar-refractivity contribution in [2.45, 2.75) is 19.3 Å². The van der Waals surface area contributed by atoms with Crippen molar-refractivity contribution in [1.82, 2.24) is 28.7 Å². The van der Waals surface area contributed by atoms with Gasteiger partial charge in [0, 0.05) is 70.5 Å². The molecule has 0 aliphatic heterocycles. The highest BCUT2D eigenvalue weighted by Crippen LogP contribution is 2.51. The fraction of sp³-hybridized carbons (Fsp3) is 0.0273. The van der Waals surface area contributed by atoms with Gasteiger partial charge in [-0.1, -0.05) is 305 Å². The van der Waals surface area contributed by atoms with Gasteiger partial charge in [-0.05, 0) is 198 Å². The highest BCUT2D eigenvalue weighted by atomic mass is 16.3. The molecule has 24 rings (SSSR count). The van der Waals surface area contributed by atoms with E-state index >= 15 is 0 Å². The second kappa shape index (κ2) is 27.0. The lowest BCUT2D eigenvalue weighted by atomic mass is 9.81. The van der Waals surface area contributed by atoms with Crippen LogP contribution in [0.3, 0.4) is 0 Å². The van der Waals surface area contributed by atoms with Crippen LogP contribution in [0.1, 0.15) is 25.0 Å². The summed E-state index contributed by atoms with van der Waals surface area (Å²) >= 11 is 0. The van der Waals surface area contributed by atoms with E-state index in [1.54, 1.807) is 0 Å². The SMILES string of the molecule is CC1(C)c2ccccc2-c2ccc(-c3cc(-n4c5ccccc5c5cc(-c6ccc(-c7ccc8c(c7)c7ccccc7n8-c7ccccc7)cc6)ccc54)nc4ccccc34)cc21.c1ccc(-c2ccc(-c3nc(-n4c5ccccc5c5cc(-c6ccc(-c7ccc8oc9ccccc9c8c7)cc6)ccc54)nc4ccccc34)cc2)cc1. The van der Waals surface area contributed by atoms with Crippen LogP contribution in [0.2, 0.25) is 0 Å². The Morgan fingerprint density at radius 3 is 1.22 bits per heavy atom. The number of furan rings is 1. The summed E-state index contributed by atoms with van der Waals surface area (Å²) in [6.07, 6.45) is 0. The number of fused-ring (bicyclic) bond motifs is 17. The van der Waals surface area contributed by atoms with Crippen LogP contribution in [0.5, 0.6) is 0 Å². The maximum absolute atomic E-state index is 6.07. The summed E-state index contributed by atoms with van der Waals surface area (Å²) in [5, 5.41) is 11.7. The van der Waals surface area contributed by atoms with E-state index in [1.807, 2.05) is 24.3 Å². The zero-order chi connectivity index (χ0) is 77.4. The van der Waals surface area contributed by atoms with Crippen LogP contribution in [-0.2, 0) is 5.41 Å². The molecule has 0 atom stereocenters. The minimum atomic E-state index is -0.0851. The normalized spacial score (nSPS) is 12.4. The molecule has 0 saturated heterocycles. The third-order valence-corrected chi connectivity index (χ3v) is 24.4. The fourth-order valence-corrected chi connectivity index (χ4v) is 18.6. The maximum Gasteiger partial charge on any atom is 0.235 e. The molecule has 0 fully saturated rings. The third-order valence-electron chi connectivity index (χ3n) is 24.4. The molecule has 6 heterocycles. The molecule has 548 valence electrons. The first-order valence-corrected chi connectivity index (χ1v) is 40.1. The summed E-state index contributed by atoms with van der Waals surface area (Å²) in [4.78, 5) is 15.9. The topological polar surface area (TPSA) is 66.6 Å². The van der Waals surface area contributed by atoms with Crippen LogP contribution in [0, 0.1) is 0 Å². The zero-order valence-corrected chi connectivity index (χ0v) is 64.2. The Morgan fingerprint density at radius 1 is 0.222 bits per heavy atom. The van der Waals surface area contributed by atoms with Crippen molar-refractivity contribution in [3.63, 3.8) is 0 Å². The second-order valence-electron chi connectivity index (χ2n) is 31.4. The van der Waals surface area contributed by atoms with E-state index in [1.165, 1.54) is 116 Å². The molecular weight excluding hydrogens is 1420 g/mol. The Bertz CT molecular complexity index is 7940. The predicted octanol–water partition coefficient (Wildman–Crippen LogP) is 29.0. The Balaban J connectivity index is 0.000000139. The van der Waals surface area contributed by atoms with Gasteiger partial charge in [-0.25, -0.2) is 15.0 Å². The van der Waals surface area contributed by atoms with Gasteiger partial charge in [-0.2, -0.15) is 0 Å². The Morgan fingerprint density at radius 2 is 0.615 bits per heavy atom. The number of hydrogen-bond acceptors (Lipinski definition) is 4. The maximum atomic E-state index is 6.07. The lowest BCUT2D eigenvalue weighted by molar-refractivity contribution is 0.660. The molecule has 7 heteroatoms. The molecule has 0 bridgehead atoms. The Hall–Kier alpha value is -15.3. The fourth-order valence-electron chi connectivity index (χ4n) is 18.6. The first kappa shape index (κ1) is 67.4. The summed E-state index contributed by atoms with van der Waals surface area (Å²) < 4.78 is 13.0. The monoisotopic (exact) mass is 1490 g/mol. The van der Waals surface area contributed by atoms with Crippen molar-refractivity contribution < 1.29 is 4.42 Å². The van der Waals surface area contributed by atoms with Crippen molar-refractivity contribution >= 4 is 109 Å². The van der Waals surface area contributed by atoms with Gasteiger partial charge in [0.2, 0.25) is 5.95 Å².